The van der Waals surface area contributed by atoms with Gasteiger partial charge < -0.3 is 9.47 Å². The molecule has 2 aromatic carbocycles. The molecule has 0 radical (unpaired) electrons. The van der Waals surface area contributed by atoms with Gasteiger partial charge in [0.15, 0.2) is 0 Å². The van der Waals surface area contributed by atoms with Crippen LogP contribution in [-0.4, -0.2) is 34.6 Å². The Morgan fingerprint density at radius 2 is 1.93 bits per heavy atom. The third-order valence-electron chi connectivity index (χ3n) is 4.32. The van der Waals surface area contributed by atoms with Crippen molar-refractivity contribution in [2.24, 2.45) is 0 Å². The average Bonchev–Trinajstić information content (AvgIpc) is 2.66. The van der Waals surface area contributed by atoms with Crippen LogP contribution in [-0.2, 0) is 14.8 Å². The second-order valence-corrected chi connectivity index (χ2v) is 7.99. The Kier molecular flexibility index (Phi) is 6.85. The summed E-state index contributed by atoms with van der Waals surface area (Å²) in [5, 5.41) is 0. The van der Waals surface area contributed by atoms with E-state index in [0.29, 0.717) is 28.1 Å². The van der Waals surface area contributed by atoms with Gasteiger partial charge in [0.05, 0.1) is 36.4 Å². The maximum absolute atomic E-state index is 13.4. The molecule has 6 nitrogen and oxygen atoms in total. The Balaban J connectivity index is 2.59. The highest BCUT2D eigenvalue weighted by atomic mass is 32.2. The summed E-state index contributed by atoms with van der Waals surface area (Å²) in [7, 11) is -2.35. The minimum Gasteiger partial charge on any atom is -0.496 e. The minimum absolute atomic E-state index is 0.0561. The molecule has 0 aliphatic carbocycles. The second-order valence-electron chi connectivity index (χ2n) is 6.13. The van der Waals surface area contributed by atoms with Crippen molar-refractivity contribution in [3.05, 3.63) is 65.7 Å². The molecule has 0 aliphatic heterocycles. The van der Waals surface area contributed by atoms with Crippen LogP contribution in [0.25, 0.3) is 0 Å². The van der Waals surface area contributed by atoms with E-state index >= 15 is 0 Å². The highest BCUT2D eigenvalue weighted by molar-refractivity contribution is 7.92. The Morgan fingerprint density at radius 1 is 1.21 bits per heavy atom. The lowest BCUT2D eigenvalue weighted by molar-refractivity contribution is 0.0525. The normalized spacial score (nSPS) is 11.0. The van der Waals surface area contributed by atoms with E-state index in [9.17, 15) is 13.2 Å². The van der Waals surface area contributed by atoms with Crippen molar-refractivity contribution in [1.29, 1.82) is 0 Å². The number of aryl methyl sites for hydroxylation is 1. The summed E-state index contributed by atoms with van der Waals surface area (Å²) in [6.07, 6.45) is 1.50. The smallest absolute Gasteiger partial charge is 0.338 e. The molecule has 0 saturated heterocycles. The van der Waals surface area contributed by atoms with Crippen molar-refractivity contribution in [1.82, 2.24) is 0 Å². The molecule has 0 fully saturated rings. The fraction of sp³-hybridized carbons (Fsp3) is 0.286. The topological polar surface area (TPSA) is 72.9 Å². The predicted molar refractivity (Wildman–Crippen MR) is 110 cm³/mol. The molecule has 2 aromatic rings. The predicted octanol–water partition coefficient (Wildman–Crippen LogP) is 3.87. The standard InChI is InChI=1S/C21H25NO5S/c1-6-13-22(19-10-8-9-18(16(19)4)21(23)27-7-2)28(24,25)17-11-12-20(26-5)15(3)14-17/h6,8-12,14H,1,7,13H2,2-5H3. The van der Waals surface area contributed by atoms with Crippen LogP contribution in [0.3, 0.4) is 0 Å². The zero-order valence-corrected chi connectivity index (χ0v) is 17.4. The quantitative estimate of drug-likeness (QED) is 0.494. The Labute approximate surface area is 166 Å². The van der Waals surface area contributed by atoms with Crippen LogP contribution >= 0.6 is 0 Å². The number of hydrogen-bond donors (Lipinski definition) is 0. The third kappa shape index (κ3) is 4.20. The Morgan fingerprint density at radius 3 is 2.50 bits per heavy atom. The van der Waals surface area contributed by atoms with Crippen molar-refractivity contribution in [3.63, 3.8) is 0 Å². The first kappa shape index (κ1) is 21.5. The first-order chi connectivity index (χ1) is 13.3. The molecule has 2 rings (SSSR count). The molecule has 0 saturated carbocycles. The van der Waals surface area contributed by atoms with E-state index in [0.717, 1.165) is 0 Å². The van der Waals surface area contributed by atoms with Crippen LogP contribution in [0.2, 0.25) is 0 Å². The molecule has 0 bridgehead atoms. The second kappa shape index (κ2) is 8.93. The number of carbonyl (C=O) groups is 1. The van der Waals surface area contributed by atoms with Gasteiger partial charge in [-0.3, -0.25) is 4.31 Å². The summed E-state index contributed by atoms with van der Waals surface area (Å²) >= 11 is 0. The molecular weight excluding hydrogens is 378 g/mol. The van der Waals surface area contributed by atoms with Gasteiger partial charge >= 0.3 is 5.97 Å². The third-order valence-corrected chi connectivity index (χ3v) is 6.09. The molecule has 0 atom stereocenters. The van der Waals surface area contributed by atoms with Gasteiger partial charge in [-0.15, -0.1) is 6.58 Å². The van der Waals surface area contributed by atoms with E-state index in [4.69, 9.17) is 9.47 Å². The first-order valence-corrected chi connectivity index (χ1v) is 10.3. The van der Waals surface area contributed by atoms with Crippen molar-refractivity contribution in [2.45, 2.75) is 25.7 Å². The zero-order chi connectivity index (χ0) is 20.9. The highest BCUT2D eigenvalue weighted by Gasteiger charge is 2.27. The number of rotatable bonds is 8. The molecule has 0 N–H and O–H groups in total. The summed E-state index contributed by atoms with van der Waals surface area (Å²) in [6, 6.07) is 9.61. The number of methoxy groups -OCH3 is 1. The van der Waals surface area contributed by atoms with E-state index in [1.54, 1.807) is 51.1 Å². The van der Waals surface area contributed by atoms with Crippen LogP contribution in [0.1, 0.15) is 28.4 Å². The Bertz CT molecular complexity index is 982. The fourth-order valence-corrected chi connectivity index (χ4v) is 4.48. The van der Waals surface area contributed by atoms with E-state index in [-0.39, 0.29) is 18.0 Å². The first-order valence-electron chi connectivity index (χ1n) is 8.82. The van der Waals surface area contributed by atoms with Crippen LogP contribution in [0.15, 0.2) is 53.9 Å². The summed E-state index contributed by atoms with van der Waals surface area (Å²) in [5.41, 5.74) is 1.96. The molecule has 7 heteroatoms. The maximum Gasteiger partial charge on any atom is 0.338 e. The van der Waals surface area contributed by atoms with Crippen LogP contribution in [0.5, 0.6) is 5.75 Å². The fourth-order valence-electron chi connectivity index (χ4n) is 2.91. The van der Waals surface area contributed by atoms with Crippen LogP contribution < -0.4 is 9.04 Å². The highest BCUT2D eigenvalue weighted by Crippen LogP contribution is 2.31. The van der Waals surface area contributed by atoms with Crippen molar-refractivity contribution in [2.75, 3.05) is 24.6 Å². The van der Waals surface area contributed by atoms with E-state index in [2.05, 4.69) is 6.58 Å². The number of benzene rings is 2. The molecule has 0 aromatic heterocycles. The number of sulfonamides is 1. The lowest BCUT2D eigenvalue weighted by Crippen LogP contribution is -2.32. The molecule has 28 heavy (non-hydrogen) atoms. The molecule has 0 heterocycles. The zero-order valence-electron chi connectivity index (χ0n) is 16.6. The van der Waals surface area contributed by atoms with Gasteiger partial charge in [-0.1, -0.05) is 12.1 Å². The molecule has 0 unspecified atom stereocenters. The number of carbonyl (C=O) groups excluding carboxylic acids is 1. The molecule has 0 spiro atoms. The summed E-state index contributed by atoms with van der Waals surface area (Å²) in [5.74, 6) is 0.118. The minimum atomic E-state index is -3.89. The van der Waals surface area contributed by atoms with Crippen LogP contribution in [0.4, 0.5) is 5.69 Å². The van der Waals surface area contributed by atoms with Gasteiger partial charge in [0.1, 0.15) is 5.75 Å². The number of hydrogen-bond acceptors (Lipinski definition) is 5. The lowest BCUT2D eigenvalue weighted by Gasteiger charge is -2.26. The average molecular weight is 404 g/mol. The van der Waals surface area contributed by atoms with Crippen LogP contribution in [0, 0.1) is 13.8 Å². The molecule has 0 aliphatic rings. The molecular formula is C21H25NO5S. The van der Waals surface area contributed by atoms with E-state index < -0.39 is 16.0 Å². The lowest BCUT2D eigenvalue weighted by atomic mass is 10.1. The number of nitrogens with zero attached hydrogens (tertiary/aromatic N) is 1. The molecule has 150 valence electrons. The van der Waals surface area contributed by atoms with Gasteiger partial charge in [0.25, 0.3) is 10.0 Å². The van der Waals surface area contributed by atoms with E-state index in [1.165, 1.54) is 23.6 Å². The largest absolute Gasteiger partial charge is 0.496 e. The summed E-state index contributed by atoms with van der Waals surface area (Å²) in [6.45, 7) is 9.17. The van der Waals surface area contributed by atoms with Crippen molar-refractivity contribution >= 4 is 21.7 Å². The number of ether oxygens (including phenoxy) is 2. The molecule has 0 amide bonds. The van der Waals surface area contributed by atoms with Gasteiger partial charge in [-0.05, 0) is 62.2 Å². The van der Waals surface area contributed by atoms with Gasteiger partial charge in [0, 0.05) is 0 Å². The monoisotopic (exact) mass is 403 g/mol. The summed E-state index contributed by atoms with van der Waals surface area (Å²) < 4.78 is 38.2. The van der Waals surface area contributed by atoms with Crippen molar-refractivity contribution in [3.8, 4) is 5.75 Å². The maximum atomic E-state index is 13.4. The van der Waals surface area contributed by atoms with E-state index in [1.807, 2.05) is 0 Å². The number of esters is 1. The number of anilines is 1. The van der Waals surface area contributed by atoms with Gasteiger partial charge in [-0.25, -0.2) is 13.2 Å². The van der Waals surface area contributed by atoms with Gasteiger partial charge in [-0.2, -0.15) is 0 Å². The van der Waals surface area contributed by atoms with Gasteiger partial charge in [0.2, 0.25) is 0 Å². The Hall–Kier alpha value is -2.80. The SMILES string of the molecule is C=CCN(c1cccc(C(=O)OCC)c1C)S(=O)(=O)c1ccc(OC)c(C)c1. The summed E-state index contributed by atoms with van der Waals surface area (Å²) in [4.78, 5) is 12.3. The van der Waals surface area contributed by atoms with Crippen molar-refractivity contribution < 1.29 is 22.7 Å².